The summed E-state index contributed by atoms with van der Waals surface area (Å²) >= 11 is 0. The first kappa shape index (κ1) is 16.0. The van der Waals surface area contributed by atoms with Crippen molar-refractivity contribution in [2.75, 3.05) is 13.1 Å². The Labute approximate surface area is 150 Å². The Hall–Kier alpha value is -3.54. The molecule has 0 saturated heterocycles. The van der Waals surface area contributed by atoms with Gasteiger partial charge in [-0.2, -0.15) is 0 Å². The third-order valence-electron chi connectivity index (χ3n) is 3.74. The molecular formula is C20H16N6. The van der Waals surface area contributed by atoms with Gasteiger partial charge in [0.25, 0.3) is 0 Å². The Balaban J connectivity index is 1.34. The monoisotopic (exact) mass is 340 g/mol. The highest BCUT2D eigenvalue weighted by molar-refractivity contribution is 5.83. The molecule has 2 aromatic carbocycles. The molecule has 0 bridgehead atoms. The first-order valence-corrected chi connectivity index (χ1v) is 8.32. The Morgan fingerprint density at radius 2 is 1.04 bits per heavy atom. The minimum absolute atomic E-state index is 0.575. The largest absolute Gasteiger partial charge is 0.289 e. The Bertz CT molecular complexity index is 1010. The molecule has 0 amide bonds. The molecule has 0 unspecified atom stereocenters. The second kappa shape index (κ2) is 7.57. The molecule has 2 aromatic heterocycles. The lowest BCUT2D eigenvalue weighted by molar-refractivity contribution is 0.982. The van der Waals surface area contributed by atoms with Crippen LogP contribution in [0.25, 0.3) is 22.1 Å². The first-order valence-electron chi connectivity index (χ1n) is 8.32. The maximum atomic E-state index is 4.50. The lowest BCUT2D eigenvalue weighted by Gasteiger charge is -1.97. The molecule has 0 aliphatic heterocycles. The minimum atomic E-state index is 0.575. The standard InChI is InChI=1S/C20H16N6/c1-3-7-19-17(5-1)23-13-15(25-19)11-21-9-10-22-12-16-14-24-18-6-2-4-8-20(18)26-16/h1-8,11-14H,9-10H2/b21-11-,22-12-. The van der Waals surface area contributed by atoms with E-state index in [1.54, 1.807) is 24.8 Å². The second-order valence-corrected chi connectivity index (χ2v) is 5.64. The quantitative estimate of drug-likeness (QED) is 0.413. The number of nitrogens with zero attached hydrogens (tertiary/aromatic N) is 6. The molecule has 0 saturated carbocycles. The normalized spacial score (nSPS) is 11.8. The van der Waals surface area contributed by atoms with Gasteiger partial charge in [0.05, 0.1) is 58.9 Å². The summed E-state index contributed by atoms with van der Waals surface area (Å²) in [5.74, 6) is 0. The van der Waals surface area contributed by atoms with Crippen molar-refractivity contribution in [2.45, 2.75) is 0 Å². The van der Waals surface area contributed by atoms with E-state index in [-0.39, 0.29) is 0 Å². The van der Waals surface area contributed by atoms with Crippen LogP contribution in [0.4, 0.5) is 0 Å². The maximum Gasteiger partial charge on any atom is 0.0998 e. The van der Waals surface area contributed by atoms with Crippen LogP contribution < -0.4 is 0 Å². The molecule has 6 nitrogen and oxygen atoms in total. The summed E-state index contributed by atoms with van der Waals surface area (Å²) in [5, 5.41) is 0. The first-order chi connectivity index (χ1) is 12.9. The van der Waals surface area contributed by atoms with E-state index in [1.807, 2.05) is 48.5 Å². The van der Waals surface area contributed by atoms with E-state index in [0.29, 0.717) is 13.1 Å². The maximum absolute atomic E-state index is 4.50. The molecule has 0 aliphatic rings. The van der Waals surface area contributed by atoms with Gasteiger partial charge in [0.2, 0.25) is 0 Å². The predicted octanol–water partition coefficient (Wildman–Crippen LogP) is 3.11. The molecule has 0 spiro atoms. The Kier molecular flexibility index (Phi) is 4.64. The van der Waals surface area contributed by atoms with Gasteiger partial charge in [0.15, 0.2) is 0 Å². The average Bonchev–Trinajstić information content (AvgIpc) is 2.70. The van der Waals surface area contributed by atoms with Gasteiger partial charge in [-0.15, -0.1) is 0 Å². The van der Waals surface area contributed by atoms with Crippen LogP contribution in [0, 0.1) is 0 Å². The van der Waals surface area contributed by atoms with Crippen molar-refractivity contribution in [2.24, 2.45) is 9.98 Å². The second-order valence-electron chi connectivity index (χ2n) is 5.64. The summed E-state index contributed by atoms with van der Waals surface area (Å²) in [4.78, 5) is 26.4. The fourth-order valence-corrected chi connectivity index (χ4v) is 2.50. The molecule has 2 heterocycles. The number of para-hydroxylation sites is 4. The van der Waals surface area contributed by atoms with Crippen LogP contribution in [0.15, 0.2) is 70.9 Å². The molecule has 0 atom stereocenters. The van der Waals surface area contributed by atoms with Gasteiger partial charge in [-0.3, -0.25) is 20.0 Å². The molecule has 4 rings (SSSR count). The molecule has 0 aliphatic carbocycles. The molecule has 126 valence electrons. The molecule has 26 heavy (non-hydrogen) atoms. The van der Waals surface area contributed by atoms with Crippen molar-refractivity contribution in [1.82, 2.24) is 19.9 Å². The van der Waals surface area contributed by atoms with Gasteiger partial charge in [0, 0.05) is 12.4 Å². The highest BCUT2D eigenvalue weighted by Gasteiger charge is 1.97. The van der Waals surface area contributed by atoms with Crippen LogP contribution in [0.3, 0.4) is 0 Å². The number of hydrogen-bond donors (Lipinski definition) is 0. The summed E-state index contributed by atoms with van der Waals surface area (Å²) in [5.41, 5.74) is 4.98. The van der Waals surface area contributed by atoms with E-state index in [4.69, 9.17) is 0 Å². The van der Waals surface area contributed by atoms with Crippen LogP contribution in [-0.2, 0) is 0 Å². The Morgan fingerprint density at radius 3 is 1.50 bits per heavy atom. The molecule has 0 radical (unpaired) electrons. The number of fused-ring (bicyclic) bond motifs is 2. The molecule has 0 fully saturated rings. The molecular weight excluding hydrogens is 324 g/mol. The topological polar surface area (TPSA) is 76.3 Å². The van der Waals surface area contributed by atoms with Crippen molar-refractivity contribution in [1.29, 1.82) is 0 Å². The molecule has 0 N–H and O–H groups in total. The minimum Gasteiger partial charge on any atom is -0.289 e. The fourth-order valence-electron chi connectivity index (χ4n) is 2.50. The van der Waals surface area contributed by atoms with Crippen LogP contribution >= 0.6 is 0 Å². The zero-order valence-electron chi connectivity index (χ0n) is 14.0. The summed E-state index contributed by atoms with van der Waals surface area (Å²) < 4.78 is 0. The zero-order chi connectivity index (χ0) is 17.6. The molecule has 4 aromatic rings. The van der Waals surface area contributed by atoms with E-state index in [1.165, 1.54) is 0 Å². The number of aromatic nitrogens is 4. The van der Waals surface area contributed by atoms with Crippen molar-refractivity contribution in [3.05, 3.63) is 72.3 Å². The van der Waals surface area contributed by atoms with E-state index >= 15 is 0 Å². The van der Waals surface area contributed by atoms with Gasteiger partial charge in [-0.05, 0) is 24.3 Å². The van der Waals surface area contributed by atoms with Gasteiger partial charge in [-0.25, -0.2) is 9.97 Å². The SMILES string of the molecule is C(=N/CC/N=C\c1cnc2ccccc2n1)/c1cnc2ccccc2n1. The van der Waals surface area contributed by atoms with Crippen LogP contribution in [0.5, 0.6) is 0 Å². The summed E-state index contributed by atoms with van der Waals surface area (Å²) in [6, 6.07) is 15.5. The number of rotatable bonds is 5. The van der Waals surface area contributed by atoms with E-state index in [9.17, 15) is 0 Å². The van der Waals surface area contributed by atoms with Crippen molar-refractivity contribution < 1.29 is 0 Å². The van der Waals surface area contributed by atoms with Crippen LogP contribution in [0.2, 0.25) is 0 Å². The van der Waals surface area contributed by atoms with Crippen molar-refractivity contribution in [3.8, 4) is 0 Å². The number of hydrogen-bond acceptors (Lipinski definition) is 6. The van der Waals surface area contributed by atoms with Crippen LogP contribution in [0.1, 0.15) is 11.4 Å². The summed E-state index contributed by atoms with van der Waals surface area (Å²) in [6.45, 7) is 1.15. The van der Waals surface area contributed by atoms with Gasteiger partial charge in [-0.1, -0.05) is 24.3 Å². The lowest BCUT2D eigenvalue weighted by atomic mass is 10.3. The zero-order valence-corrected chi connectivity index (χ0v) is 14.0. The van der Waals surface area contributed by atoms with Gasteiger partial charge >= 0.3 is 0 Å². The Morgan fingerprint density at radius 1 is 0.615 bits per heavy atom. The van der Waals surface area contributed by atoms with Gasteiger partial charge < -0.3 is 0 Å². The fraction of sp³-hybridized carbons (Fsp3) is 0.100. The van der Waals surface area contributed by atoms with E-state index < -0.39 is 0 Å². The third kappa shape index (κ3) is 3.75. The van der Waals surface area contributed by atoms with E-state index in [0.717, 1.165) is 33.5 Å². The predicted molar refractivity (Wildman–Crippen MR) is 104 cm³/mol. The summed E-state index contributed by atoms with van der Waals surface area (Å²) in [6.07, 6.45) is 6.90. The van der Waals surface area contributed by atoms with Crippen LogP contribution in [-0.4, -0.2) is 45.5 Å². The lowest BCUT2D eigenvalue weighted by Crippen LogP contribution is -1.95. The van der Waals surface area contributed by atoms with Crippen molar-refractivity contribution in [3.63, 3.8) is 0 Å². The molecule has 6 heteroatoms. The van der Waals surface area contributed by atoms with Crippen molar-refractivity contribution >= 4 is 34.5 Å². The smallest absolute Gasteiger partial charge is 0.0998 e. The van der Waals surface area contributed by atoms with E-state index in [2.05, 4.69) is 29.9 Å². The summed E-state index contributed by atoms with van der Waals surface area (Å²) in [7, 11) is 0. The number of benzene rings is 2. The average molecular weight is 340 g/mol. The number of aliphatic imine (C=N–C) groups is 2. The van der Waals surface area contributed by atoms with Gasteiger partial charge in [0.1, 0.15) is 0 Å². The third-order valence-corrected chi connectivity index (χ3v) is 3.74. The highest BCUT2D eigenvalue weighted by atomic mass is 14.9. The highest BCUT2D eigenvalue weighted by Crippen LogP contribution is 2.08.